The first kappa shape index (κ1) is 27.5. The number of primary amides is 1. The molecule has 0 saturated carbocycles. The topological polar surface area (TPSA) is 75.9 Å². The number of carbonyl (C=O) groups excluding carboxylic acids is 2. The van der Waals surface area contributed by atoms with Crippen molar-refractivity contribution in [3.63, 3.8) is 0 Å². The summed E-state index contributed by atoms with van der Waals surface area (Å²) in [6.07, 6.45) is 8.90. The summed E-state index contributed by atoms with van der Waals surface area (Å²) in [5, 5.41) is 0. The summed E-state index contributed by atoms with van der Waals surface area (Å²) >= 11 is 0. The number of amides is 2. The molecule has 0 radical (unpaired) electrons. The first-order valence-corrected chi connectivity index (χ1v) is 13.7. The van der Waals surface area contributed by atoms with Crippen molar-refractivity contribution in [2.75, 3.05) is 19.6 Å². The Morgan fingerprint density at radius 3 is 2.34 bits per heavy atom. The molecule has 6 heteroatoms. The van der Waals surface area contributed by atoms with Crippen LogP contribution in [0.3, 0.4) is 0 Å². The van der Waals surface area contributed by atoms with Crippen molar-refractivity contribution in [1.82, 2.24) is 9.80 Å². The average Bonchev–Trinajstić information content (AvgIpc) is 3.04. The number of rotatable bonds is 11. The van der Waals surface area contributed by atoms with Crippen molar-refractivity contribution in [3.8, 4) is 0 Å². The fourth-order valence-corrected chi connectivity index (χ4v) is 5.90. The molecule has 1 aromatic rings. The van der Waals surface area contributed by atoms with Crippen LogP contribution in [0.5, 0.6) is 0 Å². The maximum absolute atomic E-state index is 12.8. The van der Waals surface area contributed by atoms with E-state index in [1.807, 2.05) is 37.8 Å². The lowest BCUT2D eigenvalue weighted by Crippen LogP contribution is -2.43. The van der Waals surface area contributed by atoms with Crippen LogP contribution >= 0.6 is 0 Å². The lowest BCUT2D eigenvalue weighted by atomic mass is 9.84. The molecule has 3 atom stereocenters. The molecule has 3 rings (SSSR count). The zero-order valence-electron chi connectivity index (χ0n) is 22.6. The molecule has 6 nitrogen and oxygen atoms in total. The summed E-state index contributed by atoms with van der Waals surface area (Å²) in [6.45, 7) is 12.8. The van der Waals surface area contributed by atoms with E-state index >= 15 is 0 Å². The number of nitrogens with two attached hydrogens (primary N) is 1. The monoisotopic (exact) mass is 485 g/mol. The predicted molar refractivity (Wildman–Crippen MR) is 142 cm³/mol. The molecule has 2 aliphatic rings. The zero-order chi connectivity index (χ0) is 25.6. The van der Waals surface area contributed by atoms with E-state index in [1.54, 1.807) is 6.07 Å². The SMILES string of the molecule is CCC(CC)CN(CCCCN1[C@@H]2CC[C@H]1C[C@@H](c1cccc(C(N)=O)c1)C2)C(=O)OC(C)(C)C. The Balaban J connectivity index is 1.52. The number of nitrogens with zero attached hydrogens (tertiary/aromatic N) is 2. The minimum Gasteiger partial charge on any atom is -0.444 e. The van der Waals surface area contributed by atoms with Gasteiger partial charge in [-0.15, -0.1) is 0 Å². The highest BCUT2D eigenvalue weighted by Crippen LogP contribution is 2.43. The van der Waals surface area contributed by atoms with E-state index in [1.165, 1.54) is 18.4 Å². The van der Waals surface area contributed by atoms with E-state index in [-0.39, 0.29) is 12.0 Å². The number of hydrogen-bond donors (Lipinski definition) is 1. The Kier molecular flexibility index (Phi) is 9.62. The summed E-state index contributed by atoms with van der Waals surface area (Å²) in [4.78, 5) is 29.1. The number of fused-ring (bicyclic) bond motifs is 2. The third-order valence-corrected chi connectivity index (χ3v) is 7.91. The Morgan fingerprint density at radius 2 is 1.77 bits per heavy atom. The van der Waals surface area contributed by atoms with E-state index in [4.69, 9.17) is 10.5 Å². The first-order chi connectivity index (χ1) is 16.6. The molecule has 35 heavy (non-hydrogen) atoms. The molecule has 0 aromatic heterocycles. The van der Waals surface area contributed by atoms with Gasteiger partial charge in [-0.2, -0.15) is 0 Å². The van der Waals surface area contributed by atoms with Crippen molar-refractivity contribution in [1.29, 1.82) is 0 Å². The van der Waals surface area contributed by atoms with Gasteiger partial charge in [-0.25, -0.2) is 4.79 Å². The lowest BCUT2D eigenvalue weighted by Gasteiger charge is -2.39. The Hall–Kier alpha value is -2.08. The van der Waals surface area contributed by atoms with Crippen LogP contribution in [0.4, 0.5) is 4.79 Å². The molecule has 0 unspecified atom stereocenters. The average molecular weight is 486 g/mol. The summed E-state index contributed by atoms with van der Waals surface area (Å²) in [5.74, 6) is 0.674. The van der Waals surface area contributed by atoms with Gasteiger partial charge in [0.2, 0.25) is 5.91 Å². The minimum absolute atomic E-state index is 0.177. The second-order valence-corrected chi connectivity index (χ2v) is 11.6. The van der Waals surface area contributed by atoms with Crippen LogP contribution in [-0.2, 0) is 4.74 Å². The number of hydrogen-bond acceptors (Lipinski definition) is 4. The molecule has 2 fully saturated rings. The normalized spacial score (nSPS) is 22.4. The maximum Gasteiger partial charge on any atom is 0.410 e. The van der Waals surface area contributed by atoms with Gasteiger partial charge in [-0.05, 0) is 95.4 Å². The van der Waals surface area contributed by atoms with Gasteiger partial charge in [-0.3, -0.25) is 9.69 Å². The zero-order valence-corrected chi connectivity index (χ0v) is 22.6. The molecule has 2 amide bonds. The van der Waals surface area contributed by atoms with Crippen LogP contribution < -0.4 is 5.73 Å². The minimum atomic E-state index is -0.468. The van der Waals surface area contributed by atoms with Crippen molar-refractivity contribution in [2.45, 2.75) is 110 Å². The second kappa shape index (κ2) is 12.2. The predicted octanol–water partition coefficient (Wildman–Crippen LogP) is 5.95. The molecular weight excluding hydrogens is 438 g/mol. The fraction of sp³-hybridized carbons (Fsp3) is 0.724. The number of ether oxygens (including phenoxy) is 1. The highest BCUT2D eigenvalue weighted by Gasteiger charge is 2.40. The largest absolute Gasteiger partial charge is 0.444 e. The molecule has 2 aliphatic heterocycles. The lowest BCUT2D eigenvalue weighted by molar-refractivity contribution is 0.0210. The third-order valence-electron chi connectivity index (χ3n) is 7.91. The van der Waals surface area contributed by atoms with Gasteiger partial charge in [0.25, 0.3) is 0 Å². The molecule has 2 bridgehead atoms. The second-order valence-electron chi connectivity index (χ2n) is 11.6. The Labute approximate surface area is 212 Å². The van der Waals surface area contributed by atoms with Crippen LogP contribution in [-0.4, -0.2) is 59.1 Å². The first-order valence-electron chi connectivity index (χ1n) is 13.7. The quantitative estimate of drug-likeness (QED) is 0.393. The smallest absolute Gasteiger partial charge is 0.410 e. The molecule has 0 spiro atoms. The van der Waals surface area contributed by atoms with Gasteiger partial charge >= 0.3 is 6.09 Å². The molecule has 0 aliphatic carbocycles. The van der Waals surface area contributed by atoms with E-state index in [0.717, 1.165) is 58.2 Å². The highest BCUT2D eigenvalue weighted by atomic mass is 16.6. The fourth-order valence-electron chi connectivity index (χ4n) is 5.90. The number of carbonyl (C=O) groups is 2. The standard InChI is InChI=1S/C29H47N3O3/c1-6-21(7-2)20-31(28(34)35-29(3,4)5)15-8-9-16-32-25-13-14-26(32)19-24(18-25)22-11-10-12-23(17-22)27(30)33/h10-12,17,21,24-26H,6-9,13-16,18-20H2,1-5H3,(H2,30,33)/t24-,25+,26-. The Morgan fingerprint density at radius 1 is 1.11 bits per heavy atom. The van der Waals surface area contributed by atoms with Crippen LogP contribution in [0.2, 0.25) is 0 Å². The van der Waals surface area contributed by atoms with Crippen molar-refractivity contribution in [3.05, 3.63) is 35.4 Å². The number of unbranched alkanes of at least 4 members (excludes halogenated alkanes) is 1. The third kappa shape index (κ3) is 7.70. The van der Waals surface area contributed by atoms with Crippen LogP contribution in [0.15, 0.2) is 24.3 Å². The Bertz CT molecular complexity index is 832. The van der Waals surface area contributed by atoms with E-state index in [0.29, 0.717) is 29.5 Å². The van der Waals surface area contributed by atoms with Crippen molar-refractivity contribution >= 4 is 12.0 Å². The van der Waals surface area contributed by atoms with Gasteiger partial charge in [0.05, 0.1) is 0 Å². The van der Waals surface area contributed by atoms with Gasteiger partial charge in [0.15, 0.2) is 0 Å². The van der Waals surface area contributed by atoms with Crippen LogP contribution in [0.1, 0.15) is 108 Å². The van der Waals surface area contributed by atoms with Gasteiger partial charge < -0.3 is 15.4 Å². The van der Waals surface area contributed by atoms with E-state index in [9.17, 15) is 9.59 Å². The molecular formula is C29H47N3O3. The summed E-state index contributed by atoms with van der Waals surface area (Å²) in [7, 11) is 0. The molecule has 196 valence electrons. The van der Waals surface area contributed by atoms with Crippen molar-refractivity contribution in [2.24, 2.45) is 11.7 Å². The molecule has 2 heterocycles. The van der Waals surface area contributed by atoms with Crippen LogP contribution in [0.25, 0.3) is 0 Å². The van der Waals surface area contributed by atoms with Gasteiger partial charge in [0.1, 0.15) is 5.60 Å². The summed E-state index contributed by atoms with van der Waals surface area (Å²) < 4.78 is 5.71. The maximum atomic E-state index is 12.8. The van der Waals surface area contributed by atoms with Crippen LogP contribution in [0, 0.1) is 5.92 Å². The van der Waals surface area contributed by atoms with Gasteiger partial charge in [-0.1, -0.05) is 38.8 Å². The molecule has 2 saturated heterocycles. The molecule has 1 aromatic carbocycles. The van der Waals surface area contributed by atoms with E-state index < -0.39 is 5.60 Å². The highest BCUT2D eigenvalue weighted by molar-refractivity contribution is 5.92. The van der Waals surface area contributed by atoms with Gasteiger partial charge in [0, 0.05) is 30.7 Å². The van der Waals surface area contributed by atoms with E-state index in [2.05, 4.69) is 24.8 Å². The van der Waals surface area contributed by atoms with Crippen molar-refractivity contribution < 1.29 is 14.3 Å². The molecule has 2 N–H and O–H groups in total. The summed E-state index contributed by atoms with van der Waals surface area (Å²) in [6, 6.07) is 9.14. The number of piperidine rings is 1. The summed E-state index contributed by atoms with van der Waals surface area (Å²) in [5.41, 5.74) is 6.90. The number of benzene rings is 1.